The molecule has 0 saturated carbocycles. The first-order chi connectivity index (χ1) is 12.3. The van der Waals surface area contributed by atoms with Crippen molar-refractivity contribution in [3.63, 3.8) is 0 Å². The van der Waals surface area contributed by atoms with E-state index in [0.29, 0.717) is 11.6 Å². The quantitative estimate of drug-likeness (QED) is 0.425. The highest BCUT2D eigenvalue weighted by atomic mass is 32.2. The van der Waals surface area contributed by atoms with Crippen LogP contribution in [-0.2, 0) is 5.75 Å². The van der Waals surface area contributed by atoms with Crippen LogP contribution in [0, 0.1) is 6.92 Å². The molecule has 6 nitrogen and oxygen atoms in total. The first kappa shape index (κ1) is 14.7. The molecule has 0 aromatic carbocycles. The summed E-state index contributed by atoms with van der Waals surface area (Å²) in [5.74, 6) is 2.18. The predicted octanol–water partition coefficient (Wildman–Crippen LogP) is 4.79. The Balaban J connectivity index is 1.46. The van der Waals surface area contributed by atoms with Gasteiger partial charge in [-0.2, -0.15) is 0 Å². The third kappa shape index (κ3) is 2.45. The SMILES string of the molecule is Cc1oc(-c2cccs2)nc1CSc1nncn2c1cc1occc12. The maximum Gasteiger partial charge on any atom is 0.236 e. The van der Waals surface area contributed by atoms with E-state index in [9.17, 15) is 0 Å². The molecule has 0 fully saturated rings. The van der Waals surface area contributed by atoms with E-state index in [2.05, 4.69) is 15.2 Å². The van der Waals surface area contributed by atoms with E-state index in [1.165, 1.54) is 0 Å². The summed E-state index contributed by atoms with van der Waals surface area (Å²) in [5.41, 5.74) is 3.72. The van der Waals surface area contributed by atoms with Gasteiger partial charge in [-0.15, -0.1) is 21.5 Å². The normalized spacial score (nSPS) is 11.7. The molecule has 0 saturated heterocycles. The highest BCUT2D eigenvalue weighted by Gasteiger charge is 2.15. The maximum absolute atomic E-state index is 5.80. The smallest absolute Gasteiger partial charge is 0.236 e. The molecule has 5 aromatic heterocycles. The molecule has 0 unspecified atom stereocenters. The fourth-order valence-corrected chi connectivity index (χ4v) is 4.32. The molecule has 5 heterocycles. The van der Waals surface area contributed by atoms with Crippen molar-refractivity contribution in [1.29, 1.82) is 0 Å². The van der Waals surface area contributed by atoms with Gasteiger partial charge in [0.15, 0.2) is 5.58 Å². The van der Waals surface area contributed by atoms with Crippen LogP contribution >= 0.6 is 23.1 Å². The number of rotatable bonds is 4. The Bertz CT molecular complexity index is 1170. The van der Waals surface area contributed by atoms with Gasteiger partial charge >= 0.3 is 0 Å². The zero-order valence-corrected chi connectivity index (χ0v) is 14.8. The Labute approximate surface area is 150 Å². The van der Waals surface area contributed by atoms with E-state index in [-0.39, 0.29) is 0 Å². The summed E-state index contributed by atoms with van der Waals surface area (Å²) >= 11 is 3.21. The lowest BCUT2D eigenvalue weighted by Gasteiger charge is -2.01. The summed E-state index contributed by atoms with van der Waals surface area (Å²) in [7, 11) is 0. The number of furan rings is 1. The van der Waals surface area contributed by atoms with Gasteiger partial charge in [0.05, 0.1) is 27.9 Å². The molecule has 0 spiro atoms. The molecule has 0 bridgehead atoms. The summed E-state index contributed by atoms with van der Waals surface area (Å²) in [6.07, 6.45) is 3.38. The summed E-state index contributed by atoms with van der Waals surface area (Å²) in [5, 5.41) is 11.2. The minimum atomic E-state index is 0.668. The molecule has 0 aliphatic carbocycles. The molecule has 0 N–H and O–H groups in total. The first-order valence-electron chi connectivity index (χ1n) is 7.62. The Hall–Kier alpha value is -2.58. The van der Waals surface area contributed by atoms with Crippen molar-refractivity contribution in [1.82, 2.24) is 19.6 Å². The van der Waals surface area contributed by atoms with E-state index in [1.54, 1.807) is 35.7 Å². The molecule has 0 atom stereocenters. The highest BCUT2D eigenvalue weighted by Crippen LogP contribution is 2.31. The van der Waals surface area contributed by atoms with E-state index < -0.39 is 0 Å². The molecule has 5 rings (SSSR count). The molecular formula is C17H12N4O2S2. The van der Waals surface area contributed by atoms with Gasteiger partial charge in [0.2, 0.25) is 5.89 Å². The van der Waals surface area contributed by atoms with E-state index in [4.69, 9.17) is 8.83 Å². The van der Waals surface area contributed by atoms with Crippen molar-refractivity contribution < 1.29 is 8.83 Å². The summed E-state index contributed by atoms with van der Waals surface area (Å²) in [6.45, 7) is 1.94. The van der Waals surface area contributed by atoms with Gasteiger partial charge < -0.3 is 8.83 Å². The molecule has 5 aromatic rings. The third-order valence-corrected chi connectivity index (χ3v) is 5.81. The van der Waals surface area contributed by atoms with Crippen LogP contribution in [-0.4, -0.2) is 19.6 Å². The van der Waals surface area contributed by atoms with Crippen LogP contribution in [0.2, 0.25) is 0 Å². The second-order valence-electron chi connectivity index (χ2n) is 5.49. The Morgan fingerprint density at radius 1 is 1.28 bits per heavy atom. The average Bonchev–Trinajstić information content (AvgIpc) is 3.37. The third-order valence-electron chi connectivity index (χ3n) is 3.97. The number of oxazole rings is 1. The first-order valence-corrected chi connectivity index (χ1v) is 9.49. The number of hydrogen-bond acceptors (Lipinski definition) is 7. The minimum Gasteiger partial charge on any atom is -0.463 e. The summed E-state index contributed by atoms with van der Waals surface area (Å²) < 4.78 is 13.3. The van der Waals surface area contributed by atoms with Crippen LogP contribution in [0.1, 0.15) is 11.5 Å². The molecule has 8 heteroatoms. The van der Waals surface area contributed by atoms with Crippen LogP contribution in [0.25, 0.3) is 27.4 Å². The standard InChI is InChI=1S/C17H12N4O2S2/c1-10-11(19-16(23-10)15-3-2-6-24-15)8-25-17-13-7-14-12(4-5-22-14)21(13)9-18-20-17/h2-7,9H,8H2,1H3. The number of thiophene rings is 1. The molecule has 25 heavy (non-hydrogen) atoms. The van der Waals surface area contributed by atoms with Gasteiger partial charge in [0, 0.05) is 17.9 Å². The van der Waals surface area contributed by atoms with Gasteiger partial charge in [0.1, 0.15) is 17.1 Å². The fraction of sp³-hybridized carbons (Fsp3) is 0.118. The summed E-state index contributed by atoms with van der Waals surface area (Å²) in [6, 6.07) is 7.91. The minimum absolute atomic E-state index is 0.668. The van der Waals surface area contributed by atoms with Crippen molar-refractivity contribution in [2.45, 2.75) is 17.7 Å². The molecule has 124 valence electrons. The number of nitrogens with zero attached hydrogens (tertiary/aromatic N) is 4. The lowest BCUT2D eigenvalue weighted by atomic mass is 10.4. The fourth-order valence-electron chi connectivity index (χ4n) is 2.72. The lowest BCUT2D eigenvalue weighted by Crippen LogP contribution is -1.94. The van der Waals surface area contributed by atoms with Crippen LogP contribution in [0.15, 0.2) is 56.1 Å². The Kier molecular flexibility index (Phi) is 3.39. The lowest BCUT2D eigenvalue weighted by molar-refractivity contribution is 0.542. The van der Waals surface area contributed by atoms with Crippen LogP contribution < -0.4 is 0 Å². The number of hydrogen-bond donors (Lipinski definition) is 0. The van der Waals surface area contributed by atoms with Crippen LogP contribution in [0.5, 0.6) is 0 Å². The van der Waals surface area contributed by atoms with Gasteiger partial charge in [0.25, 0.3) is 0 Å². The van der Waals surface area contributed by atoms with E-state index in [1.807, 2.05) is 41.0 Å². The molecule has 0 radical (unpaired) electrons. The highest BCUT2D eigenvalue weighted by molar-refractivity contribution is 7.98. The Morgan fingerprint density at radius 3 is 3.12 bits per heavy atom. The van der Waals surface area contributed by atoms with Crippen molar-refractivity contribution >= 4 is 39.7 Å². The van der Waals surface area contributed by atoms with E-state index >= 15 is 0 Å². The monoisotopic (exact) mass is 368 g/mol. The second-order valence-corrected chi connectivity index (χ2v) is 7.41. The zero-order valence-electron chi connectivity index (χ0n) is 13.2. The van der Waals surface area contributed by atoms with Crippen LogP contribution in [0.4, 0.5) is 0 Å². The van der Waals surface area contributed by atoms with Crippen molar-refractivity contribution in [3.8, 4) is 10.8 Å². The largest absolute Gasteiger partial charge is 0.463 e. The topological polar surface area (TPSA) is 69.4 Å². The second kappa shape index (κ2) is 5.75. The Morgan fingerprint density at radius 2 is 2.24 bits per heavy atom. The maximum atomic E-state index is 5.80. The van der Waals surface area contributed by atoms with Crippen molar-refractivity contribution in [3.05, 3.63) is 53.7 Å². The van der Waals surface area contributed by atoms with Gasteiger partial charge in [-0.1, -0.05) is 17.8 Å². The van der Waals surface area contributed by atoms with Crippen molar-refractivity contribution in [2.24, 2.45) is 0 Å². The van der Waals surface area contributed by atoms with Gasteiger partial charge in [-0.25, -0.2) is 4.98 Å². The molecular weight excluding hydrogens is 356 g/mol. The zero-order chi connectivity index (χ0) is 16.8. The van der Waals surface area contributed by atoms with Crippen molar-refractivity contribution in [2.75, 3.05) is 0 Å². The van der Waals surface area contributed by atoms with Crippen LogP contribution in [0.3, 0.4) is 0 Å². The molecule has 0 aliphatic heterocycles. The number of aryl methyl sites for hydroxylation is 1. The average molecular weight is 368 g/mol. The number of thioether (sulfide) groups is 1. The molecule has 0 amide bonds. The molecule has 0 aliphatic rings. The number of aromatic nitrogens is 4. The number of fused-ring (bicyclic) bond motifs is 3. The van der Waals surface area contributed by atoms with E-state index in [0.717, 1.165) is 38.0 Å². The van der Waals surface area contributed by atoms with Gasteiger partial charge in [-0.05, 0) is 18.4 Å². The van der Waals surface area contributed by atoms with Gasteiger partial charge in [-0.3, -0.25) is 4.40 Å². The predicted molar refractivity (Wildman–Crippen MR) is 96.9 cm³/mol. The summed E-state index contributed by atoms with van der Waals surface area (Å²) in [4.78, 5) is 5.66.